The molecule has 0 saturated heterocycles. The predicted octanol–water partition coefficient (Wildman–Crippen LogP) is 2.16. The van der Waals surface area contributed by atoms with Crippen molar-refractivity contribution in [2.24, 2.45) is 0 Å². The van der Waals surface area contributed by atoms with Crippen LogP contribution in [0.3, 0.4) is 0 Å². The molecule has 0 saturated carbocycles. The van der Waals surface area contributed by atoms with Crippen LogP contribution in [0.2, 0.25) is 0 Å². The molecular weight excluding hydrogens is 204 g/mol. The molecule has 0 aromatic heterocycles. The zero-order valence-corrected chi connectivity index (χ0v) is 8.46. The van der Waals surface area contributed by atoms with Gasteiger partial charge in [0.25, 0.3) is 0 Å². The maximum Gasteiger partial charge on any atom is 0.409 e. The molecule has 82 valence electrons. The quantitative estimate of drug-likeness (QED) is 0.756. The fraction of sp³-hybridized carbons (Fsp3) is 0.300. The number of carbonyl (C=O) groups is 1. The Morgan fingerprint density at radius 1 is 1.47 bits per heavy atom. The molecule has 0 radical (unpaired) electrons. The van der Waals surface area contributed by atoms with Crippen molar-refractivity contribution in [3.63, 3.8) is 0 Å². The average molecular weight is 215 g/mol. The molecule has 0 aliphatic carbocycles. The fourth-order valence-electron chi connectivity index (χ4n) is 1.13. The topological polar surface area (TPSA) is 29.5 Å². The number of methoxy groups -OCH3 is 1. The number of rotatable bonds is 2. The van der Waals surface area contributed by atoms with E-state index in [-0.39, 0.29) is 12.1 Å². The van der Waals surface area contributed by atoms with Crippen molar-refractivity contribution in [2.75, 3.05) is 14.2 Å². The van der Waals surface area contributed by atoms with Gasteiger partial charge < -0.3 is 9.64 Å². The van der Waals surface area contributed by atoms with Crippen LogP contribution in [0.4, 0.5) is 13.6 Å². The first kappa shape index (κ1) is 11.4. The monoisotopic (exact) mass is 215 g/mol. The molecule has 0 bridgehead atoms. The lowest BCUT2D eigenvalue weighted by Gasteiger charge is -2.15. The van der Waals surface area contributed by atoms with Gasteiger partial charge in [-0.3, -0.25) is 0 Å². The molecule has 15 heavy (non-hydrogen) atoms. The van der Waals surface area contributed by atoms with E-state index in [2.05, 4.69) is 4.74 Å². The van der Waals surface area contributed by atoms with E-state index in [0.717, 1.165) is 12.1 Å². The van der Waals surface area contributed by atoms with Crippen LogP contribution in [0.5, 0.6) is 0 Å². The summed E-state index contributed by atoms with van der Waals surface area (Å²) in [6.07, 6.45) is -0.571. The minimum Gasteiger partial charge on any atom is -0.453 e. The van der Waals surface area contributed by atoms with Gasteiger partial charge in [-0.05, 0) is 6.07 Å². The van der Waals surface area contributed by atoms with Crippen molar-refractivity contribution < 1.29 is 18.3 Å². The summed E-state index contributed by atoms with van der Waals surface area (Å²) in [6.45, 7) is 0.0405. The number of halogens is 2. The molecule has 1 aromatic rings. The van der Waals surface area contributed by atoms with Crippen molar-refractivity contribution >= 4 is 6.09 Å². The van der Waals surface area contributed by atoms with E-state index in [9.17, 15) is 13.6 Å². The summed E-state index contributed by atoms with van der Waals surface area (Å²) in [5.41, 5.74) is 0.240. The molecule has 3 nitrogen and oxygen atoms in total. The van der Waals surface area contributed by atoms with Crippen molar-refractivity contribution in [1.29, 1.82) is 0 Å². The Morgan fingerprint density at radius 3 is 2.67 bits per heavy atom. The molecule has 0 aliphatic heterocycles. The number of benzene rings is 1. The van der Waals surface area contributed by atoms with E-state index in [1.165, 1.54) is 25.1 Å². The second-order valence-corrected chi connectivity index (χ2v) is 3.06. The molecule has 1 aromatic carbocycles. The average Bonchev–Trinajstić information content (AvgIpc) is 2.20. The standard InChI is InChI=1S/C10H11F2NO2/c1-13(10(14)15-2)6-7-3-4-8(11)5-9(7)12/h3-5H,6H2,1-2H3. The van der Waals surface area contributed by atoms with Crippen LogP contribution in [-0.2, 0) is 11.3 Å². The molecule has 0 heterocycles. The van der Waals surface area contributed by atoms with E-state index in [1.807, 2.05) is 0 Å². The number of hydrogen-bond acceptors (Lipinski definition) is 2. The van der Waals surface area contributed by atoms with Crippen molar-refractivity contribution in [3.05, 3.63) is 35.4 Å². The minimum absolute atomic E-state index is 0.0405. The third-order valence-corrected chi connectivity index (χ3v) is 1.91. The zero-order chi connectivity index (χ0) is 11.4. The van der Waals surface area contributed by atoms with Gasteiger partial charge in [-0.2, -0.15) is 0 Å². The number of ether oxygens (including phenoxy) is 1. The number of carbonyl (C=O) groups excluding carboxylic acids is 1. The summed E-state index contributed by atoms with van der Waals surface area (Å²) < 4.78 is 30.2. The molecule has 0 N–H and O–H groups in total. The summed E-state index contributed by atoms with van der Waals surface area (Å²) >= 11 is 0. The smallest absolute Gasteiger partial charge is 0.409 e. The summed E-state index contributed by atoms with van der Waals surface area (Å²) in [4.78, 5) is 12.2. The number of amides is 1. The van der Waals surface area contributed by atoms with Crippen molar-refractivity contribution in [1.82, 2.24) is 4.90 Å². The first-order valence-electron chi connectivity index (χ1n) is 4.27. The molecular formula is C10H11F2NO2. The molecule has 1 amide bonds. The van der Waals surface area contributed by atoms with Crippen LogP contribution in [0, 0.1) is 11.6 Å². The Labute approximate surface area is 86.3 Å². The molecule has 0 atom stereocenters. The van der Waals surface area contributed by atoms with Gasteiger partial charge in [0.1, 0.15) is 11.6 Å². The highest BCUT2D eigenvalue weighted by molar-refractivity contribution is 5.66. The van der Waals surface area contributed by atoms with Crippen LogP contribution in [0.1, 0.15) is 5.56 Å². The van der Waals surface area contributed by atoms with Crippen molar-refractivity contribution in [3.8, 4) is 0 Å². The van der Waals surface area contributed by atoms with E-state index >= 15 is 0 Å². The van der Waals surface area contributed by atoms with Gasteiger partial charge in [0.05, 0.1) is 13.7 Å². The van der Waals surface area contributed by atoms with E-state index < -0.39 is 17.7 Å². The summed E-state index contributed by atoms with van der Waals surface area (Å²) in [7, 11) is 2.70. The van der Waals surface area contributed by atoms with Crippen LogP contribution < -0.4 is 0 Å². The Balaban J connectivity index is 2.76. The normalized spacial score (nSPS) is 9.87. The molecule has 5 heteroatoms. The molecule has 0 spiro atoms. The Hall–Kier alpha value is -1.65. The van der Waals surface area contributed by atoms with E-state index in [4.69, 9.17) is 0 Å². The number of hydrogen-bond donors (Lipinski definition) is 0. The van der Waals surface area contributed by atoms with E-state index in [0.29, 0.717) is 0 Å². The zero-order valence-electron chi connectivity index (χ0n) is 8.46. The lowest BCUT2D eigenvalue weighted by molar-refractivity contribution is 0.131. The predicted molar refractivity (Wildman–Crippen MR) is 50.2 cm³/mol. The van der Waals surface area contributed by atoms with Gasteiger partial charge in [0, 0.05) is 18.7 Å². The molecule has 1 rings (SSSR count). The first-order chi connectivity index (χ1) is 7.04. The SMILES string of the molecule is COC(=O)N(C)Cc1ccc(F)cc1F. The Bertz CT molecular complexity index is 368. The Kier molecular flexibility index (Phi) is 3.60. The van der Waals surface area contributed by atoms with Gasteiger partial charge in [-0.15, -0.1) is 0 Å². The second kappa shape index (κ2) is 4.72. The first-order valence-corrected chi connectivity index (χ1v) is 4.27. The van der Waals surface area contributed by atoms with Gasteiger partial charge in [0.15, 0.2) is 0 Å². The van der Waals surface area contributed by atoms with Gasteiger partial charge in [-0.1, -0.05) is 6.07 Å². The van der Waals surface area contributed by atoms with Crippen LogP contribution in [0.15, 0.2) is 18.2 Å². The van der Waals surface area contributed by atoms with Crippen molar-refractivity contribution in [2.45, 2.75) is 6.54 Å². The molecule has 0 fully saturated rings. The highest BCUT2D eigenvalue weighted by atomic mass is 19.1. The third kappa shape index (κ3) is 2.90. The van der Waals surface area contributed by atoms with E-state index in [1.54, 1.807) is 0 Å². The van der Waals surface area contributed by atoms with Gasteiger partial charge >= 0.3 is 6.09 Å². The molecule has 0 unspecified atom stereocenters. The van der Waals surface area contributed by atoms with Crippen LogP contribution in [-0.4, -0.2) is 25.2 Å². The number of nitrogens with zero attached hydrogens (tertiary/aromatic N) is 1. The highest BCUT2D eigenvalue weighted by Crippen LogP contribution is 2.11. The lowest BCUT2D eigenvalue weighted by Crippen LogP contribution is -2.26. The maximum absolute atomic E-state index is 13.2. The van der Waals surface area contributed by atoms with Crippen LogP contribution in [0.25, 0.3) is 0 Å². The minimum atomic E-state index is -0.675. The molecule has 0 aliphatic rings. The third-order valence-electron chi connectivity index (χ3n) is 1.91. The van der Waals surface area contributed by atoms with Gasteiger partial charge in [-0.25, -0.2) is 13.6 Å². The summed E-state index contributed by atoms with van der Waals surface area (Å²) in [5.74, 6) is -1.32. The summed E-state index contributed by atoms with van der Waals surface area (Å²) in [5, 5.41) is 0. The fourth-order valence-corrected chi connectivity index (χ4v) is 1.13. The second-order valence-electron chi connectivity index (χ2n) is 3.06. The van der Waals surface area contributed by atoms with Gasteiger partial charge in [0.2, 0.25) is 0 Å². The summed E-state index contributed by atoms with van der Waals surface area (Å²) in [6, 6.07) is 3.22. The largest absolute Gasteiger partial charge is 0.453 e. The maximum atomic E-state index is 13.2. The van der Waals surface area contributed by atoms with Crippen LogP contribution >= 0.6 is 0 Å². The lowest BCUT2D eigenvalue weighted by atomic mass is 10.2. The highest BCUT2D eigenvalue weighted by Gasteiger charge is 2.11. The Morgan fingerprint density at radius 2 is 2.13 bits per heavy atom.